The molecule has 3 fully saturated rings. The number of hydrogen-bond acceptors (Lipinski definition) is 3. The molecule has 3 nitrogen and oxygen atoms in total. The zero-order chi connectivity index (χ0) is 20.7. The lowest BCUT2D eigenvalue weighted by molar-refractivity contribution is -0.144. The first kappa shape index (κ1) is 19.5. The molecule has 2 heterocycles. The van der Waals surface area contributed by atoms with Crippen molar-refractivity contribution >= 4 is 12.0 Å². The van der Waals surface area contributed by atoms with E-state index in [9.17, 15) is 4.79 Å². The number of ether oxygens (including phenoxy) is 1. The molecule has 0 unspecified atom stereocenters. The molecule has 0 radical (unpaired) electrons. The van der Waals surface area contributed by atoms with Crippen LogP contribution in [0.2, 0.25) is 0 Å². The van der Waals surface area contributed by atoms with E-state index >= 15 is 0 Å². The standard InChI is InChI=1S/C27H31NO2/c1-17-7-9-19(10-8-17)21-11-12-22(28-16-21)13-14-24-23-6-4-3-5-20(23)15-25-26(24)18(2)30-27(25)29/h7-14,16,18,20,23-26H,3-6,15H2,1-2H3/b14-13+/t18-,20+,23-,24+,25-,26+/m1/s1. The van der Waals surface area contributed by atoms with Crippen LogP contribution in [0.3, 0.4) is 0 Å². The highest BCUT2D eigenvalue weighted by atomic mass is 16.6. The van der Waals surface area contributed by atoms with Gasteiger partial charge in [0.05, 0.1) is 11.6 Å². The third-order valence-electron chi connectivity index (χ3n) is 7.74. The fourth-order valence-electron chi connectivity index (χ4n) is 6.22. The first-order valence-electron chi connectivity index (χ1n) is 11.5. The Morgan fingerprint density at radius 3 is 2.57 bits per heavy atom. The summed E-state index contributed by atoms with van der Waals surface area (Å²) < 4.78 is 5.68. The van der Waals surface area contributed by atoms with Gasteiger partial charge in [0.1, 0.15) is 6.10 Å². The van der Waals surface area contributed by atoms with Crippen LogP contribution in [-0.2, 0) is 9.53 Å². The molecule has 2 saturated carbocycles. The van der Waals surface area contributed by atoms with Gasteiger partial charge in [0.25, 0.3) is 0 Å². The number of pyridine rings is 1. The molecule has 2 aromatic rings. The van der Waals surface area contributed by atoms with Crippen LogP contribution in [0.4, 0.5) is 0 Å². The summed E-state index contributed by atoms with van der Waals surface area (Å²) in [5.41, 5.74) is 4.58. The van der Waals surface area contributed by atoms with Crippen molar-refractivity contribution in [2.45, 2.75) is 52.1 Å². The lowest BCUT2D eigenvalue weighted by atomic mass is 9.57. The second-order valence-electron chi connectivity index (χ2n) is 9.54. The number of cyclic esters (lactones) is 1. The van der Waals surface area contributed by atoms with Gasteiger partial charge < -0.3 is 4.74 Å². The molecule has 6 atom stereocenters. The van der Waals surface area contributed by atoms with Crippen molar-refractivity contribution in [2.24, 2.45) is 29.6 Å². The highest BCUT2D eigenvalue weighted by Crippen LogP contribution is 2.53. The van der Waals surface area contributed by atoms with Crippen molar-refractivity contribution in [2.75, 3.05) is 0 Å². The average molecular weight is 402 g/mol. The summed E-state index contributed by atoms with van der Waals surface area (Å²) in [5, 5.41) is 0. The normalized spacial score (nSPS) is 33.2. The lowest BCUT2D eigenvalue weighted by Crippen LogP contribution is -2.42. The maximum absolute atomic E-state index is 12.4. The van der Waals surface area contributed by atoms with Crippen LogP contribution in [-0.4, -0.2) is 17.1 Å². The molecule has 1 aromatic carbocycles. The third-order valence-corrected chi connectivity index (χ3v) is 7.74. The minimum Gasteiger partial charge on any atom is -0.462 e. The van der Waals surface area contributed by atoms with Gasteiger partial charge in [-0.3, -0.25) is 9.78 Å². The van der Waals surface area contributed by atoms with Crippen LogP contribution in [0.5, 0.6) is 0 Å². The summed E-state index contributed by atoms with van der Waals surface area (Å²) in [5.74, 6) is 2.21. The van der Waals surface area contributed by atoms with Crippen LogP contribution in [0.15, 0.2) is 48.7 Å². The Bertz CT molecular complexity index is 930. The Kier molecular flexibility index (Phi) is 5.22. The van der Waals surface area contributed by atoms with Gasteiger partial charge in [-0.1, -0.05) is 61.2 Å². The van der Waals surface area contributed by atoms with E-state index in [2.05, 4.69) is 62.4 Å². The van der Waals surface area contributed by atoms with Gasteiger partial charge in [0, 0.05) is 17.7 Å². The molecule has 1 aromatic heterocycles. The minimum atomic E-state index is 0.0249. The van der Waals surface area contributed by atoms with Crippen molar-refractivity contribution in [1.82, 2.24) is 4.98 Å². The minimum absolute atomic E-state index is 0.0249. The van der Waals surface area contributed by atoms with Gasteiger partial charge in [-0.05, 0) is 62.1 Å². The highest BCUT2D eigenvalue weighted by molar-refractivity contribution is 5.75. The third kappa shape index (κ3) is 3.59. The molecule has 0 N–H and O–H groups in total. The molecule has 0 amide bonds. The van der Waals surface area contributed by atoms with Crippen molar-refractivity contribution in [3.63, 3.8) is 0 Å². The number of fused-ring (bicyclic) bond motifs is 2. The first-order valence-corrected chi connectivity index (χ1v) is 11.5. The second-order valence-corrected chi connectivity index (χ2v) is 9.54. The molecule has 3 heteroatoms. The van der Waals surface area contributed by atoms with E-state index in [-0.39, 0.29) is 18.0 Å². The number of allylic oxidation sites excluding steroid dienone is 1. The summed E-state index contributed by atoms with van der Waals surface area (Å²) in [6, 6.07) is 12.8. The number of carbonyl (C=O) groups excluding carboxylic acids is 1. The molecule has 0 spiro atoms. The van der Waals surface area contributed by atoms with Crippen molar-refractivity contribution in [3.8, 4) is 11.1 Å². The van der Waals surface area contributed by atoms with E-state index in [0.717, 1.165) is 17.7 Å². The predicted octanol–water partition coefficient (Wildman–Crippen LogP) is 6.07. The number of aryl methyl sites for hydroxylation is 1. The summed E-state index contributed by atoms with van der Waals surface area (Å²) >= 11 is 0. The van der Waals surface area contributed by atoms with Crippen molar-refractivity contribution in [3.05, 3.63) is 59.9 Å². The molecule has 30 heavy (non-hydrogen) atoms. The van der Waals surface area contributed by atoms with Gasteiger partial charge in [0.2, 0.25) is 0 Å². The zero-order valence-corrected chi connectivity index (χ0v) is 18.0. The summed E-state index contributed by atoms with van der Waals surface area (Å²) in [6.07, 6.45) is 12.7. The summed E-state index contributed by atoms with van der Waals surface area (Å²) in [4.78, 5) is 17.1. The lowest BCUT2D eigenvalue weighted by Gasteiger charge is -2.45. The summed E-state index contributed by atoms with van der Waals surface area (Å²) in [6.45, 7) is 4.19. The second kappa shape index (κ2) is 8.02. The van der Waals surface area contributed by atoms with Gasteiger partial charge in [0.15, 0.2) is 0 Å². The van der Waals surface area contributed by atoms with Gasteiger partial charge >= 0.3 is 5.97 Å². The smallest absolute Gasteiger partial charge is 0.309 e. The van der Waals surface area contributed by atoms with Crippen LogP contribution in [0, 0.1) is 36.5 Å². The maximum atomic E-state index is 12.4. The van der Waals surface area contributed by atoms with Crippen LogP contribution in [0.1, 0.15) is 50.3 Å². The largest absolute Gasteiger partial charge is 0.462 e. The Morgan fingerprint density at radius 2 is 1.80 bits per heavy atom. The maximum Gasteiger partial charge on any atom is 0.309 e. The van der Waals surface area contributed by atoms with E-state index in [0.29, 0.717) is 23.7 Å². The quantitative estimate of drug-likeness (QED) is 0.586. The molecule has 1 aliphatic heterocycles. The molecule has 5 rings (SSSR count). The molecule has 156 valence electrons. The van der Waals surface area contributed by atoms with Crippen LogP contribution >= 0.6 is 0 Å². The number of esters is 1. The van der Waals surface area contributed by atoms with Crippen LogP contribution in [0.25, 0.3) is 17.2 Å². The Labute approximate surface area is 179 Å². The number of carbonyl (C=O) groups is 1. The molecule has 0 bridgehead atoms. The Balaban J connectivity index is 1.38. The molecule has 2 aliphatic carbocycles. The first-order chi connectivity index (χ1) is 14.6. The number of rotatable bonds is 3. The average Bonchev–Trinajstić information content (AvgIpc) is 3.05. The predicted molar refractivity (Wildman–Crippen MR) is 120 cm³/mol. The van der Waals surface area contributed by atoms with E-state index in [1.807, 2.05) is 6.20 Å². The Hall–Kier alpha value is -2.42. The molecular weight excluding hydrogens is 370 g/mol. The fraction of sp³-hybridized carbons (Fsp3) is 0.481. The fourth-order valence-corrected chi connectivity index (χ4v) is 6.22. The summed E-state index contributed by atoms with van der Waals surface area (Å²) in [7, 11) is 0. The number of nitrogens with zero attached hydrogens (tertiary/aromatic N) is 1. The van der Waals surface area contributed by atoms with Crippen molar-refractivity contribution in [1.29, 1.82) is 0 Å². The van der Waals surface area contributed by atoms with E-state index in [1.54, 1.807) is 0 Å². The number of hydrogen-bond donors (Lipinski definition) is 0. The van der Waals surface area contributed by atoms with Gasteiger partial charge in [-0.25, -0.2) is 0 Å². The van der Waals surface area contributed by atoms with Crippen LogP contribution < -0.4 is 0 Å². The number of benzene rings is 1. The van der Waals surface area contributed by atoms with Gasteiger partial charge in [-0.15, -0.1) is 0 Å². The molecule has 3 aliphatic rings. The number of aromatic nitrogens is 1. The van der Waals surface area contributed by atoms with E-state index < -0.39 is 0 Å². The van der Waals surface area contributed by atoms with E-state index in [1.165, 1.54) is 36.8 Å². The topological polar surface area (TPSA) is 39.2 Å². The van der Waals surface area contributed by atoms with Gasteiger partial charge in [-0.2, -0.15) is 0 Å². The molecular formula is C27H31NO2. The van der Waals surface area contributed by atoms with Crippen molar-refractivity contribution < 1.29 is 9.53 Å². The molecule has 1 saturated heterocycles. The highest BCUT2D eigenvalue weighted by Gasteiger charge is 2.53. The zero-order valence-electron chi connectivity index (χ0n) is 18.0. The monoisotopic (exact) mass is 401 g/mol. The van der Waals surface area contributed by atoms with E-state index in [4.69, 9.17) is 9.72 Å². The SMILES string of the molecule is Cc1ccc(-c2ccc(/C=C/[C@H]3[C@@H]4CCCC[C@H]4C[C@H]4C(=O)O[C@H](C)[C@@H]34)nc2)cc1. The Morgan fingerprint density at radius 1 is 1.03 bits per heavy atom.